The average Bonchev–Trinajstić information content (AvgIpc) is 3.19. The lowest BCUT2D eigenvalue weighted by Crippen LogP contribution is -2.29. The highest BCUT2D eigenvalue weighted by Crippen LogP contribution is 2.37. The van der Waals surface area contributed by atoms with Gasteiger partial charge in [-0.1, -0.05) is 79.2 Å². The fraction of sp³-hybridized carbons (Fsp3) is 0.192. The monoisotopic (exact) mass is 400 g/mol. The number of fused-ring (bicyclic) bond motifs is 1. The third-order valence-electron chi connectivity index (χ3n) is 5.61. The summed E-state index contributed by atoms with van der Waals surface area (Å²) in [5.41, 5.74) is 5.11. The minimum absolute atomic E-state index is 0.220. The van der Waals surface area contributed by atoms with Crippen LogP contribution in [0.3, 0.4) is 0 Å². The fourth-order valence-electron chi connectivity index (χ4n) is 4.16. The minimum atomic E-state index is -0.220. The molecule has 2 nitrogen and oxygen atoms in total. The Balaban J connectivity index is 1.69. The zero-order valence-corrected chi connectivity index (χ0v) is 17.3. The van der Waals surface area contributed by atoms with Gasteiger partial charge in [0.25, 0.3) is 0 Å². The number of halogens is 1. The molecule has 0 saturated heterocycles. The zero-order chi connectivity index (χ0) is 20.3. The van der Waals surface area contributed by atoms with Crippen LogP contribution in [-0.2, 0) is 18.3 Å². The molecule has 0 bridgehead atoms. The number of nitrogens with one attached hydrogen (secondary N) is 2. The molecule has 0 radical (unpaired) electrons. The van der Waals surface area contributed by atoms with E-state index >= 15 is 0 Å². The molecule has 0 aliphatic rings. The van der Waals surface area contributed by atoms with Crippen LogP contribution in [0.2, 0.25) is 5.02 Å². The second-order valence-electron chi connectivity index (χ2n) is 8.07. The number of aromatic amines is 1. The van der Waals surface area contributed by atoms with Crippen LogP contribution in [0.15, 0.2) is 85.1 Å². The number of benzene rings is 3. The van der Waals surface area contributed by atoms with E-state index in [9.17, 15) is 0 Å². The summed E-state index contributed by atoms with van der Waals surface area (Å²) in [6.45, 7) is 2.25. The van der Waals surface area contributed by atoms with Crippen molar-refractivity contribution in [3.8, 4) is 0 Å². The van der Waals surface area contributed by atoms with E-state index in [-0.39, 0.29) is 5.41 Å². The molecule has 0 aliphatic heterocycles. The molecule has 0 fully saturated rings. The maximum absolute atomic E-state index is 8.74. The van der Waals surface area contributed by atoms with Crippen LogP contribution in [0.1, 0.15) is 30.0 Å². The van der Waals surface area contributed by atoms with E-state index in [4.69, 9.17) is 17.0 Å². The molecule has 0 spiro atoms. The topological polar surface area (TPSA) is 39.6 Å². The number of rotatable bonds is 7. The second kappa shape index (κ2) is 8.26. The summed E-state index contributed by atoms with van der Waals surface area (Å²) in [5.74, 6) is 0. The first-order valence-corrected chi connectivity index (χ1v) is 10.3. The molecular weight excluding hydrogens is 376 g/mol. The van der Waals surface area contributed by atoms with Gasteiger partial charge in [-0.15, -0.1) is 0 Å². The normalized spacial score (nSPS) is 13.3. The molecule has 0 amide bonds. The Morgan fingerprint density at radius 2 is 1.59 bits per heavy atom. The van der Waals surface area contributed by atoms with Crippen LogP contribution in [0.5, 0.6) is 0 Å². The third kappa shape index (κ3) is 4.44. The minimum Gasteiger partial charge on any atom is -0.360 e. The number of aromatic nitrogens is 1. The van der Waals surface area contributed by atoms with E-state index in [2.05, 4.69) is 66.5 Å². The van der Waals surface area contributed by atoms with Crippen LogP contribution >= 0.6 is 11.6 Å². The summed E-state index contributed by atoms with van der Waals surface area (Å²) in [6.07, 6.45) is 4.14. The number of H-pyrrole nitrogens is 1. The number of hydrogen-bond acceptors (Lipinski definition) is 1. The highest BCUT2D eigenvalue weighted by molar-refractivity contribution is 6.35. The Bertz CT molecular complexity index is 1120. The molecule has 0 saturated carbocycles. The Kier molecular flexibility index (Phi) is 5.55. The summed E-state index contributed by atoms with van der Waals surface area (Å²) >= 11 is 6.59. The largest absolute Gasteiger partial charge is 0.360 e. The molecule has 1 heterocycles. The highest BCUT2D eigenvalue weighted by atomic mass is 35.5. The van der Waals surface area contributed by atoms with Gasteiger partial charge in [0.05, 0.1) is 10.5 Å². The van der Waals surface area contributed by atoms with Gasteiger partial charge < -0.3 is 10.4 Å². The Morgan fingerprint density at radius 1 is 0.931 bits per heavy atom. The van der Waals surface area contributed by atoms with E-state index in [1.165, 1.54) is 16.7 Å². The molecule has 1 atom stereocenters. The van der Waals surface area contributed by atoms with Gasteiger partial charge in [-0.3, -0.25) is 0 Å². The Hall–Kier alpha value is -2.84. The van der Waals surface area contributed by atoms with Crippen LogP contribution in [0, 0.1) is 5.41 Å². The van der Waals surface area contributed by atoms with Gasteiger partial charge in [0.15, 0.2) is 0 Å². The lowest BCUT2D eigenvalue weighted by atomic mass is 9.72. The summed E-state index contributed by atoms with van der Waals surface area (Å²) in [6, 6.07) is 27.1. The molecule has 3 heteroatoms. The molecule has 1 aromatic heterocycles. The maximum Gasteiger partial charge on any atom is 0.0649 e. The number of hydrogen-bond donors (Lipinski definition) is 2. The Morgan fingerprint density at radius 3 is 2.28 bits per heavy atom. The van der Waals surface area contributed by atoms with Crippen molar-refractivity contribution in [1.82, 2.24) is 4.98 Å². The van der Waals surface area contributed by atoms with E-state index in [0.29, 0.717) is 12.8 Å². The van der Waals surface area contributed by atoms with Crippen molar-refractivity contribution in [3.05, 3.63) is 107 Å². The van der Waals surface area contributed by atoms with Crippen molar-refractivity contribution in [2.75, 3.05) is 0 Å². The van der Waals surface area contributed by atoms with Crippen molar-refractivity contribution in [1.29, 1.82) is 5.41 Å². The van der Waals surface area contributed by atoms with Gasteiger partial charge in [0.1, 0.15) is 0 Å². The quantitative estimate of drug-likeness (QED) is 0.314. The zero-order valence-electron chi connectivity index (χ0n) is 16.6. The van der Waals surface area contributed by atoms with Gasteiger partial charge in [0.2, 0.25) is 0 Å². The fourth-order valence-corrected chi connectivity index (χ4v) is 4.44. The Labute approximate surface area is 177 Å². The van der Waals surface area contributed by atoms with Gasteiger partial charge in [0, 0.05) is 29.1 Å². The van der Waals surface area contributed by atoms with E-state index in [0.717, 1.165) is 28.1 Å². The lowest BCUT2D eigenvalue weighted by molar-refractivity contribution is 0.485. The molecule has 1 unspecified atom stereocenters. The van der Waals surface area contributed by atoms with Crippen LogP contribution in [0.25, 0.3) is 10.9 Å². The van der Waals surface area contributed by atoms with Crippen LogP contribution < -0.4 is 0 Å². The van der Waals surface area contributed by atoms with Gasteiger partial charge in [-0.25, -0.2) is 0 Å². The smallest absolute Gasteiger partial charge is 0.0649 e. The predicted octanol–water partition coefficient (Wildman–Crippen LogP) is 6.97. The van der Waals surface area contributed by atoms with Crippen LogP contribution in [-0.4, -0.2) is 10.7 Å². The second-order valence-corrected chi connectivity index (χ2v) is 8.47. The van der Waals surface area contributed by atoms with Gasteiger partial charge in [-0.2, -0.15) is 0 Å². The average molecular weight is 401 g/mol. The van der Waals surface area contributed by atoms with E-state index in [1.807, 2.05) is 30.5 Å². The predicted molar refractivity (Wildman–Crippen MR) is 123 cm³/mol. The molecular formula is C26H25ClN2. The van der Waals surface area contributed by atoms with Crippen molar-refractivity contribution in [2.24, 2.45) is 0 Å². The van der Waals surface area contributed by atoms with E-state index in [1.54, 1.807) is 0 Å². The first-order chi connectivity index (χ1) is 14.0. The summed E-state index contributed by atoms with van der Waals surface area (Å²) in [7, 11) is 0. The summed E-state index contributed by atoms with van der Waals surface area (Å²) < 4.78 is 0. The van der Waals surface area contributed by atoms with Crippen molar-refractivity contribution in [2.45, 2.75) is 31.6 Å². The summed E-state index contributed by atoms with van der Waals surface area (Å²) in [4.78, 5) is 3.22. The van der Waals surface area contributed by atoms with Gasteiger partial charge >= 0.3 is 0 Å². The molecule has 2 N–H and O–H groups in total. The SMILES string of the molecule is CC(CC(=N)Cc1ccccc1)(Cc1ccccc1)c1cc(Cl)c2[nH]ccc2c1. The summed E-state index contributed by atoms with van der Waals surface area (Å²) in [5, 5.41) is 10.6. The van der Waals surface area contributed by atoms with Crippen LogP contribution in [0.4, 0.5) is 0 Å². The molecule has 29 heavy (non-hydrogen) atoms. The van der Waals surface area contributed by atoms with Crippen molar-refractivity contribution < 1.29 is 0 Å². The van der Waals surface area contributed by atoms with Crippen molar-refractivity contribution in [3.63, 3.8) is 0 Å². The maximum atomic E-state index is 8.74. The molecule has 4 aromatic rings. The first kappa shape index (κ1) is 19.5. The molecule has 4 rings (SSSR count). The molecule has 0 aliphatic carbocycles. The first-order valence-electron chi connectivity index (χ1n) is 9.95. The molecule has 146 valence electrons. The highest BCUT2D eigenvalue weighted by Gasteiger charge is 2.29. The van der Waals surface area contributed by atoms with Crippen molar-refractivity contribution >= 4 is 28.2 Å². The standard InChI is InChI=1S/C26H25ClN2/c1-26(17-20-10-6-3-7-11-20,18-23(28)14-19-8-4-2-5-9-19)22-15-21-12-13-29-25(21)24(27)16-22/h2-13,15-16,28-29H,14,17-18H2,1H3. The third-order valence-corrected chi connectivity index (χ3v) is 5.91. The lowest BCUT2D eigenvalue weighted by Gasteiger charge is -2.31. The molecule has 3 aromatic carbocycles. The van der Waals surface area contributed by atoms with E-state index < -0.39 is 0 Å². The van der Waals surface area contributed by atoms with Gasteiger partial charge in [-0.05, 0) is 47.7 Å².